The van der Waals surface area contributed by atoms with Gasteiger partial charge in [0.1, 0.15) is 4.32 Å². The molecule has 0 spiro atoms. The van der Waals surface area contributed by atoms with Crippen molar-refractivity contribution in [3.05, 3.63) is 40.2 Å². The van der Waals surface area contributed by atoms with Crippen LogP contribution in [0.3, 0.4) is 0 Å². The van der Waals surface area contributed by atoms with Crippen LogP contribution in [0, 0.1) is 0 Å². The number of anilines is 1. The molecule has 2 amide bonds. The maximum Gasteiger partial charge on any atom is 0.266 e. The molecule has 1 aliphatic rings. The lowest BCUT2D eigenvalue weighted by Gasteiger charge is -2.14. The Labute approximate surface area is 194 Å². The molecule has 1 aromatic carbocycles. The summed E-state index contributed by atoms with van der Waals surface area (Å²) >= 11 is 8.09. The van der Waals surface area contributed by atoms with E-state index in [1.165, 1.54) is 23.1 Å². The molecule has 7 nitrogen and oxygen atoms in total. The number of nitrogens with one attached hydrogen (secondary N) is 1. The van der Waals surface area contributed by atoms with E-state index < -0.39 is 0 Å². The second kappa shape index (κ2) is 11.3. The number of nitrogens with zero attached hydrogens (tertiary/aromatic N) is 2. The normalized spacial score (nSPS) is 14.9. The number of rotatable bonds is 10. The van der Waals surface area contributed by atoms with Gasteiger partial charge in [-0.15, -0.1) is 11.3 Å². The number of hydrogen-bond donors (Lipinski definition) is 1. The third kappa shape index (κ3) is 6.28. The van der Waals surface area contributed by atoms with Gasteiger partial charge in [-0.3, -0.25) is 14.5 Å². The van der Waals surface area contributed by atoms with Crippen LogP contribution in [0.4, 0.5) is 5.13 Å². The molecule has 1 aromatic heterocycles. The van der Waals surface area contributed by atoms with Gasteiger partial charge in [0.2, 0.25) is 5.91 Å². The van der Waals surface area contributed by atoms with Crippen LogP contribution in [0.15, 0.2) is 34.7 Å². The van der Waals surface area contributed by atoms with Gasteiger partial charge in [-0.25, -0.2) is 4.98 Å². The lowest BCUT2D eigenvalue weighted by molar-refractivity contribution is -0.122. The van der Waals surface area contributed by atoms with Crippen LogP contribution in [-0.4, -0.2) is 46.8 Å². The van der Waals surface area contributed by atoms with Crippen LogP contribution >= 0.6 is 35.3 Å². The molecule has 2 aromatic rings. The van der Waals surface area contributed by atoms with Crippen molar-refractivity contribution in [2.45, 2.75) is 25.7 Å². The predicted molar refractivity (Wildman–Crippen MR) is 129 cm³/mol. The molecule has 1 fully saturated rings. The van der Waals surface area contributed by atoms with E-state index in [9.17, 15) is 9.59 Å². The van der Waals surface area contributed by atoms with Crippen molar-refractivity contribution in [2.75, 3.05) is 26.1 Å². The Balaban J connectivity index is 1.47. The van der Waals surface area contributed by atoms with Crippen LogP contribution in [0.25, 0.3) is 6.08 Å². The Morgan fingerprint density at radius 2 is 2.03 bits per heavy atom. The van der Waals surface area contributed by atoms with Gasteiger partial charge < -0.3 is 14.8 Å². The van der Waals surface area contributed by atoms with E-state index in [1.807, 2.05) is 23.6 Å². The lowest BCUT2D eigenvalue weighted by Crippen LogP contribution is -2.29. The van der Waals surface area contributed by atoms with Gasteiger partial charge in [0.15, 0.2) is 16.6 Å². The van der Waals surface area contributed by atoms with E-state index >= 15 is 0 Å². The molecule has 0 aliphatic carbocycles. The Morgan fingerprint density at radius 1 is 1.23 bits per heavy atom. The Morgan fingerprint density at radius 3 is 2.74 bits per heavy atom. The molecule has 164 valence electrons. The highest BCUT2D eigenvalue weighted by atomic mass is 32.2. The zero-order valence-electron chi connectivity index (χ0n) is 17.3. The molecule has 1 N–H and O–H groups in total. The number of ether oxygens (including phenoxy) is 2. The molecular formula is C21H23N3O4S3. The van der Waals surface area contributed by atoms with Crippen molar-refractivity contribution in [3.8, 4) is 11.5 Å². The van der Waals surface area contributed by atoms with Gasteiger partial charge in [-0.05, 0) is 36.6 Å². The number of thiazole rings is 1. The second-order valence-electron chi connectivity index (χ2n) is 6.64. The van der Waals surface area contributed by atoms with E-state index in [1.54, 1.807) is 31.4 Å². The van der Waals surface area contributed by atoms with Crippen LogP contribution in [0.5, 0.6) is 11.5 Å². The van der Waals surface area contributed by atoms with Gasteiger partial charge in [0, 0.05) is 24.5 Å². The van der Waals surface area contributed by atoms with Crippen molar-refractivity contribution in [1.82, 2.24) is 9.88 Å². The van der Waals surface area contributed by atoms with Crippen molar-refractivity contribution in [1.29, 1.82) is 0 Å². The van der Waals surface area contributed by atoms with E-state index in [0.29, 0.717) is 38.8 Å². The van der Waals surface area contributed by atoms with Gasteiger partial charge in [0.05, 0.1) is 19.1 Å². The van der Waals surface area contributed by atoms with Crippen LogP contribution in [-0.2, 0) is 9.59 Å². The van der Waals surface area contributed by atoms with Crippen molar-refractivity contribution in [2.24, 2.45) is 0 Å². The maximum atomic E-state index is 12.8. The minimum absolute atomic E-state index is 0.0431. The summed E-state index contributed by atoms with van der Waals surface area (Å²) in [5, 5.41) is 5.20. The first-order valence-corrected chi connectivity index (χ1v) is 11.8. The SMILES string of the molecule is COc1ccc(/C=C2/SC(=S)N(CCCCCC(=O)Nc3nccs3)C2=O)cc1OC. The number of hydrogen-bond acceptors (Lipinski definition) is 8. The molecule has 1 aliphatic heterocycles. The van der Waals surface area contributed by atoms with Gasteiger partial charge in [-0.2, -0.15) is 0 Å². The molecular weight excluding hydrogens is 454 g/mol. The first kappa shape index (κ1) is 23.2. The summed E-state index contributed by atoms with van der Waals surface area (Å²) in [6, 6.07) is 5.49. The highest BCUT2D eigenvalue weighted by molar-refractivity contribution is 8.26. The first-order valence-electron chi connectivity index (χ1n) is 9.68. The summed E-state index contributed by atoms with van der Waals surface area (Å²) < 4.78 is 11.1. The summed E-state index contributed by atoms with van der Waals surface area (Å²) in [5.74, 6) is 1.10. The number of thiocarbonyl (C=S) groups is 1. The average Bonchev–Trinajstić information content (AvgIpc) is 3.36. The largest absolute Gasteiger partial charge is 0.493 e. The smallest absolute Gasteiger partial charge is 0.266 e. The topological polar surface area (TPSA) is 80.8 Å². The summed E-state index contributed by atoms with van der Waals surface area (Å²) in [4.78, 5) is 30.9. The minimum atomic E-state index is -0.0914. The highest BCUT2D eigenvalue weighted by Gasteiger charge is 2.31. The molecule has 0 atom stereocenters. The van der Waals surface area contributed by atoms with E-state index in [0.717, 1.165) is 24.8 Å². The van der Waals surface area contributed by atoms with Crippen molar-refractivity contribution < 1.29 is 19.1 Å². The summed E-state index contributed by atoms with van der Waals surface area (Å²) in [6.07, 6.45) is 6.24. The number of amides is 2. The second-order valence-corrected chi connectivity index (χ2v) is 9.21. The summed E-state index contributed by atoms with van der Waals surface area (Å²) in [7, 11) is 3.15. The Kier molecular flexibility index (Phi) is 8.44. The molecule has 0 saturated carbocycles. The maximum absolute atomic E-state index is 12.8. The van der Waals surface area contributed by atoms with Gasteiger partial charge in [0.25, 0.3) is 5.91 Å². The van der Waals surface area contributed by atoms with E-state index in [4.69, 9.17) is 21.7 Å². The number of benzene rings is 1. The molecule has 2 heterocycles. The fourth-order valence-electron chi connectivity index (χ4n) is 2.99. The Hall–Kier alpha value is -2.43. The Bertz CT molecular complexity index is 976. The lowest BCUT2D eigenvalue weighted by atomic mass is 10.1. The van der Waals surface area contributed by atoms with E-state index in [2.05, 4.69) is 10.3 Å². The molecule has 3 rings (SSSR count). The highest BCUT2D eigenvalue weighted by Crippen LogP contribution is 2.34. The minimum Gasteiger partial charge on any atom is -0.493 e. The average molecular weight is 478 g/mol. The number of carbonyl (C=O) groups excluding carboxylic acids is 2. The molecule has 10 heteroatoms. The molecule has 0 bridgehead atoms. The standard InChI is InChI=1S/C21H23N3O4S3/c1-27-15-8-7-14(12-16(15)28-2)13-17-19(26)24(21(29)31-17)10-5-3-4-6-18(25)23-20-22-9-11-30-20/h7-9,11-13H,3-6,10H2,1-2H3,(H,22,23,25)/b17-13+. The number of carbonyl (C=O) groups is 2. The number of thioether (sulfide) groups is 1. The van der Waals surface area contributed by atoms with Crippen molar-refractivity contribution >= 4 is 62.7 Å². The third-order valence-electron chi connectivity index (χ3n) is 4.54. The summed E-state index contributed by atoms with van der Waals surface area (Å²) in [6.45, 7) is 0.544. The van der Waals surface area contributed by atoms with Gasteiger partial charge in [-0.1, -0.05) is 36.5 Å². The number of aromatic nitrogens is 1. The summed E-state index contributed by atoms with van der Waals surface area (Å²) in [5.41, 5.74) is 0.837. The molecule has 0 unspecified atom stereocenters. The predicted octanol–water partition coefficient (Wildman–Crippen LogP) is 4.56. The third-order valence-corrected chi connectivity index (χ3v) is 6.61. The van der Waals surface area contributed by atoms with Crippen LogP contribution in [0.2, 0.25) is 0 Å². The zero-order chi connectivity index (χ0) is 22.2. The van der Waals surface area contributed by atoms with Gasteiger partial charge >= 0.3 is 0 Å². The monoisotopic (exact) mass is 477 g/mol. The number of methoxy groups -OCH3 is 2. The van der Waals surface area contributed by atoms with Crippen LogP contribution in [0.1, 0.15) is 31.2 Å². The molecule has 0 radical (unpaired) electrons. The fourth-order valence-corrected chi connectivity index (χ4v) is 4.84. The fraction of sp³-hybridized carbons (Fsp3) is 0.333. The van der Waals surface area contributed by atoms with Crippen molar-refractivity contribution in [3.63, 3.8) is 0 Å². The number of unbranched alkanes of at least 4 members (excludes halogenated alkanes) is 2. The quantitative estimate of drug-likeness (QED) is 0.305. The van der Waals surface area contributed by atoms with Crippen LogP contribution < -0.4 is 14.8 Å². The first-order chi connectivity index (χ1) is 15.0. The molecule has 1 saturated heterocycles. The van der Waals surface area contributed by atoms with E-state index in [-0.39, 0.29) is 11.8 Å². The molecule has 31 heavy (non-hydrogen) atoms. The zero-order valence-corrected chi connectivity index (χ0v) is 19.7.